The number of carboxylic acid groups (broad SMARTS) is 1. The molecule has 2 aromatic rings. The Bertz CT molecular complexity index is 1070. The number of anilines is 4. The van der Waals surface area contributed by atoms with Crippen molar-refractivity contribution in [3.8, 4) is 5.75 Å². The highest BCUT2D eigenvalue weighted by molar-refractivity contribution is 6.33. The van der Waals surface area contributed by atoms with Crippen LogP contribution in [0.15, 0.2) is 24.3 Å². The van der Waals surface area contributed by atoms with Gasteiger partial charge in [-0.25, -0.2) is 9.78 Å². The van der Waals surface area contributed by atoms with Crippen LogP contribution < -0.4 is 19.9 Å². The van der Waals surface area contributed by atoms with Crippen molar-refractivity contribution in [2.24, 2.45) is 0 Å². The van der Waals surface area contributed by atoms with Gasteiger partial charge in [-0.2, -0.15) is 13.2 Å². The maximum absolute atomic E-state index is 12.5. The molecule has 0 radical (unpaired) electrons. The van der Waals surface area contributed by atoms with Crippen LogP contribution in [0.25, 0.3) is 0 Å². The number of pyridine rings is 1. The van der Waals surface area contributed by atoms with Gasteiger partial charge in [-0.3, -0.25) is 4.79 Å². The normalized spacial score (nSPS) is 12.8. The van der Waals surface area contributed by atoms with E-state index < -0.39 is 12.1 Å². The zero-order valence-electron chi connectivity index (χ0n) is 19.9. The van der Waals surface area contributed by atoms with Gasteiger partial charge in [0.15, 0.2) is 5.82 Å². The molecule has 35 heavy (non-hydrogen) atoms. The lowest BCUT2D eigenvalue weighted by molar-refractivity contribution is -0.192. The molecular weight excluding hydrogens is 489 g/mol. The van der Waals surface area contributed by atoms with Crippen molar-refractivity contribution < 1.29 is 32.6 Å². The molecule has 2 N–H and O–H groups in total. The number of aliphatic carboxylic acids is 1. The van der Waals surface area contributed by atoms with Crippen molar-refractivity contribution in [3.05, 3.63) is 35.0 Å². The number of carboxylic acids is 1. The highest BCUT2D eigenvalue weighted by atomic mass is 35.5. The summed E-state index contributed by atoms with van der Waals surface area (Å²) < 4.78 is 37.0. The number of methoxy groups -OCH3 is 1. The van der Waals surface area contributed by atoms with Crippen LogP contribution in [0, 0.1) is 6.92 Å². The first-order valence-electron chi connectivity index (χ1n) is 10.9. The van der Waals surface area contributed by atoms with Crippen molar-refractivity contribution in [3.63, 3.8) is 0 Å². The zero-order chi connectivity index (χ0) is 26.3. The molecule has 0 saturated carbocycles. The second kappa shape index (κ2) is 12.0. The molecule has 0 fully saturated rings. The van der Waals surface area contributed by atoms with Crippen molar-refractivity contribution in [2.75, 3.05) is 41.9 Å². The number of alkyl halides is 3. The minimum atomic E-state index is -5.08. The van der Waals surface area contributed by atoms with Gasteiger partial charge in [0.05, 0.1) is 23.5 Å². The maximum atomic E-state index is 12.5. The molecule has 2 heterocycles. The summed E-state index contributed by atoms with van der Waals surface area (Å²) in [5, 5.41) is 10.7. The lowest BCUT2D eigenvalue weighted by atomic mass is 10.1. The Balaban J connectivity index is 0.000000540. The molecule has 1 aromatic carbocycles. The first-order valence-corrected chi connectivity index (χ1v) is 11.3. The van der Waals surface area contributed by atoms with Crippen molar-refractivity contribution in [2.45, 2.75) is 39.8 Å². The summed E-state index contributed by atoms with van der Waals surface area (Å²) in [5.74, 6) is -1.45. The Kier molecular flexibility index (Phi) is 9.58. The number of amides is 1. The highest BCUT2D eigenvalue weighted by Gasteiger charge is 2.38. The van der Waals surface area contributed by atoms with E-state index in [9.17, 15) is 18.0 Å². The topological polar surface area (TPSA) is 95.0 Å². The van der Waals surface area contributed by atoms with Crippen molar-refractivity contribution in [1.82, 2.24) is 4.98 Å². The fraction of sp³-hybridized carbons (Fsp3) is 0.435. The Hall–Kier alpha value is -3.21. The number of aromatic nitrogens is 1. The summed E-state index contributed by atoms with van der Waals surface area (Å²) in [6.07, 6.45) is -2.88. The number of rotatable bonds is 7. The van der Waals surface area contributed by atoms with Gasteiger partial charge in [0.25, 0.3) is 0 Å². The van der Waals surface area contributed by atoms with Crippen molar-refractivity contribution >= 4 is 46.4 Å². The van der Waals surface area contributed by atoms with Crippen LogP contribution in [-0.2, 0) is 9.59 Å². The standard InChI is InChI=1S/C21H27ClN4O2.C2HF3O2/c1-5-7-10-25(6-2)18-11-14(3)23-21-20(18)24-19(27)13-26(21)17-9-8-15(28-4)12-16(17)22;3-2(4,5)1(6)7/h8-9,11-12H,5-7,10,13H2,1-4H3,(H,24,27);(H,6,7). The van der Waals surface area contributed by atoms with E-state index in [0.717, 1.165) is 54.5 Å². The number of hydrogen-bond acceptors (Lipinski definition) is 6. The van der Waals surface area contributed by atoms with E-state index >= 15 is 0 Å². The van der Waals surface area contributed by atoms with Gasteiger partial charge in [-0.15, -0.1) is 0 Å². The lowest BCUT2D eigenvalue weighted by Crippen LogP contribution is -2.37. The lowest BCUT2D eigenvalue weighted by Gasteiger charge is -2.34. The molecule has 1 aromatic heterocycles. The average Bonchev–Trinajstić information content (AvgIpc) is 2.79. The SMILES string of the molecule is CCCCN(CC)c1cc(C)nc2c1NC(=O)CN2c1ccc(OC)cc1Cl.O=C(O)C(F)(F)F. The molecule has 1 aliphatic rings. The predicted octanol–water partition coefficient (Wildman–Crippen LogP) is 5.40. The van der Waals surface area contributed by atoms with E-state index in [1.54, 1.807) is 13.2 Å². The number of fused-ring (bicyclic) bond motifs is 1. The minimum Gasteiger partial charge on any atom is -0.497 e. The summed E-state index contributed by atoms with van der Waals surface area (Å²) in [6, 6.07) is 7.49. The van der Waals surface area contributed by atoms with Crippen molar-refractivity contribution in [1.29, 1.82) is 0 Å². The summed E-state index contributed by atoms with van der Waals surface area (Å²) in [4.78, 5) is 30.3. The van der Waals surface area contributed by atoms with Gasteiger partial charge in [0, 0.05) is 24.8 Å². The summed E-state index contributed by atoms with van der Waals surface area (Å²) in [6.45, 7) is 8.23. The smallest absolute Gasteiger partial charge is 0.490 e. The monoisotopic (exact) mass is 516 g/mol. The molecule has 0 aliphatic carbocycles. The summed E-state index contributed by atoms with van der Waals surface area (Å²) in [5.41, 5.74) is 3.38. The highest BCUT2D eigenvalue weighted by Crippen LogP contribution is 2.43. The molecule has 12 heteroatoms. The third-order valence-electron chi connectivity index (χ3n) is 5.12. The molecule has 0 saturated heterocycles. The molecule has 0 unspecified atom stereocenters. The fourth-order valence-electron chi connectivity index (χ4n) is 3.43. The fourth-order valence-corrected chi connectivity index (χ4v) is 3.71. The van der Waals surface area contributed by atoms with Gasteiger partial charge in [-0.1, -0.05) is 24.9 Å². The number of aryl methyl sites for hydroxylation is 1. The number of carbonyl (C=O) groups excluding carboxylic acids is 1. The molecule has 0 spiro atoms. The van der Waals surface area contributed by atoms with Crippen LogP contribution >= 0.6 is 11.6 Å². The molecular formula is C23H28ClF3N4O4. The quantitative estimate of drug-likeness (QED) is 0.508. The van der Waals surface area contributed by atoms with E-state index in [1.807, 2.05) is 30.0 Å². The minimum absolute atomic E-state index is 0.0853. The second-order valence-corrected chi connectivity index (χ2v) is 8.08. The van der Waals surface area contributed by atoms with Gasteiger partial charge in [-0.05, 0) is 38.5 Å². The molecule has 0 bridgehead atoms. The third kappa shape index (κ3) is 7.14. The first kappa shape index (κ1) is 28.0. The second-order valence-electron chi connectivity index (χ2n) is 7.67. The number of unbranched alkanes of at least 4 members (excludes halogenated alkanes) is 1. The third-order valence-corrected chi connectivity index (χ3v) is 5.42. The number of benzene rings is 1. The Morgan fingerprint density at radius 2 is 1.97 bits per heavy atom. The predicted molar refractivity (Wildman–Crippen MR) is 129 cm³/mol. The number of ether oxygens (including phenoxy) is 1. The number of halogens is 4. The number of carbonyl (C=O) groups is 2. The van der Waals surface area contributed by atoms with E-state index in [2.05, 4.69) is 24.1 Å². The average molecular weight is 517 g/mol. The number of hydrogen-bond donors (Lipinski definition) is 2. The molecule has 192 valence electrons. The van der Waals surface area contributed by atoms with Crippen LogP contribution in [0.4, 0.5) is 36.1 Å². The largest absolute Gasteiger partial charge is 0.497 e. The Labute approximate surface area is 206 Å². The molecule has 3 rings (SSSR count). The van der Waals surface area contributed by atoms with Crippen LogP contribution in [0.3, 0.4) is 0 Å². The number of nitrogens with zero attached hydrogens (tertiary/aromatic N) is 3. The van der Waals surface area contributed by atoms with Gasteiger partial charge in [0.1, 0.15) is 18.0 Å². The van der Waals surface area contributed by atoms with E-state index in [-0.39, 0.29) is 12.5 Å². The summed E-state index contributed by atoms with van der Waals surface area (Å²) in [7, 11) is 1.60. The molecule has 1 aliphatic heterocycles. The van der Waals surface area contributed by atoms with Crippen LogP contribution in [0.1, 0.15) is 32.4 Å². The Morgan fingerprint density at radius 1 is 1.31 bits per heavy atom. The van der Waals surface area contributed by atoms with E-state index in [1.165, 1.54) is 0 Å². The first-order chi connectivity index (χ1) is 16.4. The van der Waals surface area contributed by atoms with E-state index in [4.69, 9.17) is 31.2 Å². The molecule has 1 amide bonds. The zero-order valence-corrected chi connectivity index (χ0v) is 20.6. The van der Waals surface area contributed by atoms with Gasteiger partial charge >= 0.3 is 12.1 Å². The number of nitrogens with one attached hydrogen (secondary N) is 1. The van der Waals surface area contributed by atoms with Crippen LogP contribution in [0.5, 0.6) is 5.75 Å². The van der Waals surface area contributed by atoms with Gasteiger partial charge in [0.2, 0.25) is 5.91 Å². The maximum Gasteiger partial charge on any atom is 0.490 e. The summed E-state index contributed by atoms with van der Waals surface area (Å²) >= 11 is 6.50. The van der Waals surface area contributed by atoms with Crippen LogP contribution in [0.2, 0.25) is 5.02 Å². The van der Waals surface area contributed by atoms with Crippen LogP contribution in [-0.4, -0.2) is 54.9 Å². The molecule has 8 nitrogen and oxygen atoms in total. The Morgan fingerprint density at radius 3 is 2.49 bits per heavy atom. The molecule has 0 atom stereocenters. The van der Waals surface area contributed by atoms with Gasteiger partial charge < -0.3 is 25.0 Å². The van der Waals surface area contributed by atoms with E-state index in [0.29, 0.717) is 10.8 Å².